The van der Waals surface area contributed by atoms with Crippen molar-refractivity contribution in [1.82, 2.24) is 15.2 Å². The number of benzene rings is 1. The third-order valence-electron chi connectivity index (χ3n) is 5.01. The predicted molar refractivity (Wildman–Crippen MR) is 92.4 cm³/mol. The number of fused-ring (bicyclic) bond motifs is 2. The molecule has 1 aromatic carbocycles. The van der Waals surface area contributed by atoms with Gasteiger partial charge in [0.25, 0.3) is 5.89 Å². The minimum atomic E-state index is -4.98. The van der Waals surface area contributed by atoms with Crippen LogP contribution in [0.1, 0.15) is 17.1 Å². The Morgan fingerprint density at radius 3 is 2.75 bits per heavy atom. The van der Waals surface area contributed by atoms with E-state index >= 15 is 0 Å². The molecule has 2 aliphatic rings. The summed E-state index contributed by atoms with van der Waals surface area (Å²) in [5.41, 5.74) is 0.343. The van der Waals surface area contributed by atoms with Crippen LogP contribution in [-0.4, -0.2) is 53.6 Å². The highest BCUT2D eigenvalue weighted by atomic mass is 19.4. The van der Waals surface area contributed by atoms with E-state index in [0.717, 1.165) is 26.1 Å². The Morgan fingerprint density at radius 2 is 2.07 bits per heavy atom. The number of hydrogen-bond donors (Lipinski definition) is 2. The maximum atomic E-state index is 12.4. The lowest BCUT2D eigenvalue weighted by Crippen LogP contribution is -2.43. The highest BCUT2D eigenvalue weighted by Gasteiger charge is 2.39. The van der Waals surface area contributed by atoms with Crippen molar-refractivity contribution in [2.24, 2.45) is 5.92 Å². The van der Waals surface area contributed by atoms with Crippen molar-refractivity contribution in [3.8, 4) is 11.3 Å². The third-order valence-corrected chi connectivity index (χ3v) is 5.01. The van der Waals surface area contributed by atoms with Crippen molar-refractivity contribution in [1.29, 1.82) is 0 Å². The molecule has 2 aliphatic heterocycles. The summed E-state index contributed by atoms with van der Waals surface area (Å²) >= 11 is 0. The molecule has 2 aromatic rings. The van der Waals surface area contributed by atoms with Gasteiger partial charge in [0, 0.05) is 30.4 Å². The van der Waals surface area contributed by atoms with Crippen molar-refractivity contribution in [3.63, 3.8) is 0 Å². The zero-order chi connectivity index (χ0) is 19.9. The Balaban J connectivity index is 1.44. The Labute approximate surface area is 157 Å². The maximum absolute atomic E-state index is 12.4. The van der Waals surface area contributed by atoms with E-state index in [-0.39, 0.29) is 23.4 Å². The number of amides is 2. The Hall–Kier alpha value is -2.88. The van der Waals surface area contributed by atoms with Crippen LogP contribution in [0.3, 0.4) is 0 Å². The smallest absolute Gasteiger partial charge is 0.432 e. The SMILES string of the molecule is O=C(NC1CN2CC[C@H]1C2)c1ncc(-c2cccc(NC(=O)C(F)(F)F)c2)o1. The quantitative estimate of drug-likeness (QED) is 0.831. The number of carbonyl (C=O) groups is 2. The fraction of sp³-hybridized carbons (Fsp3) is 0.389. The molecule has 148 valence electrons. The zero-order valence-electron chi connectivity index (χ0n) is 14.6. The van der Waals surface area contributed by atoms with Gasteiger partial charge in [0.05, 0.1) is 6.20 Å². The van der Waals surface area contributed by atoms with E-state index in [1.54, 1.807) is 11.4 Å². The molecule has 1 aromatic heterocycles. The minimum absolute atomic E-state index is 0.0433. The largest absolute Gasteiger partial charge is 0.471 e. The molecule has 0 spiro atoms. The summed E-state index contributed by atoms with van der Waals surface area (Å²) in [5, 5.41) is 4.70. The fourth-order valence-electron chi connectivity index (χ4n) is 3.64. The molecule has 2 unspecified atom stereocenters. The highest BCUT2D eigenvalue weighted by Crippen LogP contribution is 2.28. The number of halogens is 3. The number of oxazole rings is 1. The fourth-order valence-corrected chi connectivity index (χ4v) is 3.64. The summed E-state index contributed by atoms with van der Waals surface area (Å²) in [6.07, 6.45) is -2.61. The van der Waals surface area contributed by atoms with E-state index in [2.05, 4.69) is 15.2 Å². The van der Waals surface area contributed by atoms with Gasteiger partial charge in [0.15, 0.2) is 5.76 Å². The molecule has 4 rings (SSSR count). The number of nitrogens with zero attached hydrogens (tertiary/aromatic N) is 2. The molecule has 2 bridgehead atoms. The van der Waals surface area contributed by atoms with Crippen LogP contribution < -0.4 is 10.6 Å². The first-order valence-electron chi connectivity index (χ1n) is 8.77. The van der Waals surface area contributed by atoms with Gasteiger partial charge in [-0.15, -0.1) is 0 Å². The Kier molecular flexibility index (Phi) is 4.58. The lowest BCUT2D eigenvalue weighted by molar-refractivity contribution is -0.167. The van der Waals surface area contributed by atoms with Gasteiger partial charge in [0.2, 0.25) is 0 Å². The first kappa shape index (κ1) is 18.5. The van der Waals surface area contributed by atoms with Crippen LogP contribution in [0.25, 0.3) is 11.3 Å². The van der Waals surface area contributed by atoms with Gasteiger partial charge in [-0.05, 0) is 31.0 Å². The lowest BCUT2D eigenvalue weighted by atomic mass is 10.0. The van der Waals surface area contributed by atoms with Gasteiger partial charge < -0.3 is 20.0 Å². The summed E-state index contributed by atoms with van der Waals surface area (Å²) in [7, 11) is 0. The molecule has 3 atom stereocenters. The van der Waals surface area contributed by atoms with Crippen molar-refractivity contribution in [2.75, 3.05) is 25.0 Å². The second kappa shape index (κ2) is 6.93. The number of anilines is 1. The van der Waals surface area contributed by atoms with E-state index in [1.807, 2.05) is 0 Å². The zero-order valence-corrected chi connectivity index (χ0v) is 14.6. The second-order valence-electron chi connectivity index (χ2n) is 6.95. The highest BCUT2D eigenvalue weighted by molar-refractivity contribution is 5.95. The first-order chi connectivity index (χ1) is 13.3. The lowest BCUT2D eigenvalue weighted by Gasteiger charge is -2.22. The molecule has 2 N–H and O–H groups in total. The molecule has 2 saturated heterocycles. The topological polar surface area (TPSA) is 87.5 Å². The molecule has 2 fully saturated rings. The van der Waals surface area contributed by atoms with E-state index in [9.17, 15) is 22.8 Å². The molecule has 0 aliphatic carbocycles. The summed E-state index contributed by atoms with van der Waals surface area (Å²) < 4.78 is 42.6. The predicted octanol–water partition coefficient (Wildman–Crippen LogP) is 2.28. The number of alkyl halides is 3. The van der Waals surface area contributed by atoms with Gasteiger partial charge in [-0.1, -0.05) is 12.1 Å². The summed E-state index contributed by atoms with van der Waals surface area (Å²) in [6, 6.07) is 5.75. The van der Waals surface area contributed by atoms with Crippen molar-refractivity contribution in [2.45, 2.75) is 18.6 Å². The second-order valence-corrected chi connectivity index (χ2v) is 6.95. The van der Waals surface area contributed by atoms with Crippen molar-refractivity contribution < 1.29 is 27.2 Å². The number of aromatic nitrogens is 1. The van der Waals surface area contributed by atoms with Crippen LogP contribution in [0.2, 0.25) is 0 Å². The summed E-state index contributed by atoms with van der Waals surface area (Å²) in [5.74, 6) is -1.95. The average molecular weight is 394 g/mol. The monoisotopic (exact) mass is 394 g/mol. The molecule has 7 nitrogen and oxygen atoms in total. The standard InChI is InChI=1S/C18H17F3N4O3/c19-18(20,21)17(27)23-12-3-1-2-10(6-12)14-7-22-16(28-14)15(26)24-13-9-25-5-4-11(13)8-25/h1-3,6-7,11,13H,4-5,8-9H2,(H,23,27)(H,24,26)/t11-,13?/m0/s1. The number of rotatable bonds is 4. The molecule has 3 heterocycles. The molecule has 2 amide bonds. The van der Waals surface area contributed by atoms with Crippen molar-refractivity contribution >= 4 is 17.5 Å². The van der Waals surface area contributed by atoms with E-state index in [0.29, 0.717) is 11.5 Å². The van der Waals surface area contributed by atoms with E-state index < -0.39 is 18.0 Å². The average Bonchev–Trinajstić information content (AvgIpc) is 3.38. The maximum Gasteiger partial charge on any atom is 0.471 e. The molecule has 10 heteroatoms. The van der Waals surface area contributed by atoms with Crippen LogP contribution in [0.4, 0.5) is 18.9 Å². The van der Waals surface area contributed by atoms with Gasteiger partial charge in [-0.3, -0.25) is 9.59 Å². The van der Waals surface area contributed by atoms with Crippen LogP contribution in [-0.2, 0) is 4.79 Å². The van der Waals surface area contributed by atoms with Gasteiger partial charge in [0.1, 0.15) is 0 Å². The van der Waals surface area contributed by atoms with E-state index in [1.165, 1.54) is 24.4 Å². The Morgan fingerprint density at radius 1 is 1.25 bits per heavy atom. The summed E-state index contributed by atoms with van der Waals surface area (Å²) in [4.78, 5) is 29.7. The Bertz CT molecular complexity index is 911. The number of carbonyl (C=O) groups excluding carboxylic acids is 2. The van der Waals surface area contributed by atoms with Gasteiger partial charge in [-0.2, -0.15) is 13.2 Å². The van der Waals surface area contributed by atoms with Crippen LogP contribution >= 0.6 is 0 Å². The van der Waals surface area contributed by atoms with Crippen LogP contribution in [0.5, 0.6) is 0 Å². The molecular formula is C18H17F3N4O3. The molecular weight excluding hydrogens is 377 g/mol. The molecule has 0 saturated carbocycles. The number of piperidine rings is 1. The normalized spacial score (nSPS) is 23.6. The van der Waals surface area contributed by atoms with Crippen molar-refractivity contribution in [3.05, 3.63) is 36.4 Å². The third kappa shape index (κ3) is 3.72. The molecule has 28 heavy (non-hydrogen) atoms. The van der Waals surface area contributed by atoms with Crippen LogP contribution in [0, 0.1) is 5.92 Å². The van der Waals surface area contributed by atoms with Crippen LogP contribution in [0.15, 0.2) is 34.9 Å². The first-order valence-corrected chi connectivity index (χ1v) is 8.77. The molecule has 0 radical (unpaired) electrons. The van der Waals surface area contributed by atoms with Gasteiger partial charge in [-0.25, -0.2) is 4.98 Å². The number of hydrogen-bond acceptors (Lipinski definition) is 5. The summed E-state index contributed by atoms with van der Waals surface area (Å²) in [6.45, 7) is 2.85. The van der Waals surface area contributed by atoms with Gasteiger partial charge >= 0.3 is 18.0 Å². The minimum Gasteiger partial charge on any atom is -0.432 e. The number of nitrogens with one attached hydrogen (secondary N) is 2. The van der Waals surface area contributed by atoms with E-state index in [4.69, 9.17) is 4.42 Å².